The molecule has 1 aromatic rings. The van der Waals surface area contributed by atoms with Gasteiger partial charge in [0.15, 0.2) is 0 Å². The van der Waals surface area contributed by atoms with Crippen LogP contribution < -0.4 is 5.32 Å². The van der Waals surface area contributed by atoms with E-state index in [1.54, 1.807) is 0 Å². The first kappa shape index (κ1) is 14.3. The van der Waals surface area contributed by atoms with Crippen LogP contribution in [0.25, 0.3) is 0 Å². The van der Waals surface area contributed by atoms with Crippen LogP contribution in [-0.2, 0) is 6.54 Å². The summed E-state index contributed by atoms with van der Waals surface area (Å²) in [5, 5.41) is 3.28. The van der Waals surface area contributed by atoms with Gasteiger partial charge in [0, 0.05) is 19.1 Å². The van der Waals surface area contributed by atoms with Crippen molar-refractivity contribution in [3.63, 3.8) is 0 Å². The Hall–Kier alpha value is -1.09. The molecule has 1 heterocycles. The highest BCUT2D eigenvalue weighted by atomic mass is 15.1. The lowest BCUT2D eigenvalue weighted by Crippen LogP contribution is -2.35. The van der Waals surface area contributed by atoms with Crippen molar-refractivity contribution in [3.8, 4) is 0 Å². The van der Waals surface area contributed by atoms with Gasteiger partial charge in [-0.2, -0.15) is 0 Å². The molecular weight excluding hydrogens is 234 g/mol. The number of hydrogen-bond acceptors (Lipinski definition) is 3. The Labute approximate surface area is 117 Å². The summed E-state index contributed by atoms with van der Waals surface area (Å²) < 4.78 is 0. The molecule has 0 saturated heterocycles. The molecule has 0 aliphatic heterocycles. The van der Waals surface area contributed by atoms with Crippen LogP contribution in [0.3, 0.4) is 0 Å². The van der Waals surface area contributed by atoms with Crippen molar-refractivity contribution in [2.24, 2.45) is 5.92 Å². The van der Waals surface area contributed by atoms with Crippen molar-refractivity contribution in [2.45, 2.75) is 52.1 Å². The summed E-state index contributed by atoms with van der Waals surface area (Å²) >= 11 is 0. The van der Waals surface area contributed by atoms with Gasteiger partial charge in [-0.3, -0.25) is 4.90 Å². The molecule has 1 aliphatic carbocycles. The lowest BCUT2D eigenvalue weighted by atomic mass is 9.86. The zero-order valence-corrected chi connectivity index (χ0v) is 12.5. The Morgan fingerprint density at radius 1 is 1.37 bits per heavy atom. The minimum Gasteiger partial charge on any atom is -0.370 e. The van der Waals surface area contributed by atoms with Crippen LogP contribution in [0.1, 0.15) is 45.2 Å². The molecule has 0 radical (unpaired) electrons. The fraction of sp³-hybridized carbons (Fsp3) is 0.688. The predicted octanol–water partition coefficient (Wildman–Crippen LogP) is 3.52. The van der Waals surface area contributed by atoms with E-state index in [2.05, 4.69) is 48.2 Å². The maximum absolute atomic E-state index is 4.66. The fourth-order valence-electron chi connectivity index (χ4n) is 3.03. The van der Waals surface area contributed by atoms with Crippen LogP contribution in [0.4, 0.5) is 5.82 Å². The molecule has 19 heavy (non-hydrogen) atoms. The Morgan fingerprint density at radius 3 is 2.95 bits per heavy atom. The molecule has 1 saturated carbocycles. The standard InChI is InChI=1S/C16H27N3/c1-4-17-16-10-6-8-14(18-16)12-19(3)15-9-5-7-13(2)11-15/h6,8,10,13,15H,4-5,7,9,11-12H2,1-3H3,(H,17,18). The third kappa shape index (κ3) is 4.20. The molecule has 3 nitrogen and oxygen atoms in total. The van der Waals surface area contributed by atoms with Gasteiger partial charge in [-0.15, -0.1) is 0 Å². The molecule has 2 unspecified atom stereocenters. The molecule has 1 N–H and O–H groups in total. The van der Waals surface area contributed by atoms with Crippen molar-refractivity contribution < 1.29 is 0 Å². The molecule has 3 heteroatoms. The maximum Gasteiger partial charge on any atom is 0.126 e. The highest BCUT2D eigenvalue weighted by Gasteiger charge is 2.22. The van der Waals surface area contributed by atoms with E-state index in [-0.39, 0.29) is 0 Å². The van der Waals surface area contributed by atoms with Gasteiger partial charge in [0.2, 0.25) is 0 Å². The molecule has 2 rings (SSSR count). The summed E-state index contributed by atoms with van der Waals surface area (Å²) in [6.45, 7) is 6.36. The number of rotatable bonds is 5. The fourth-order valence-corrected chi connectivity index (χ4v) is 3.03. The van der Waals surface area contributed by atoms with Gasteiger partial charge in [-0.25, -0.2) is 4.98 Å². The Bertz CT molecular complexity index is 391. The Morgan fingerprint density at radius 2 is 2.21 bits per heavy atom. The van der Waals surface area contributed by atoms with Gasteiger partial charge < -0.3 is 5.32 Å². The third-order valence-electron chi connectivity index (χ3n) is 4.11. The molecule has 1 fully saturated rings. The second-order valence-corrected chi connectivity index (χ2v) is 5.89. The molecule has 2 atom stereocenters. The highest BCUT2D eigenvalue weighted by Crippen LogP contribution is 2.27. The lowest BCUT2D eigenvalue weighted by Gasteiger charge is -2.34. The van der Waals surface area contributed by atoms with Crippen LogP contribution in [0.2, 0.25) is 0 Å². The second kappa shape index (κ2) is 6.90. The number of pyridine rings is 1. The van der Waals surface area contributed by atoms with Crippen molar-refractivity contribution in [1.29, 1.82) is 0 Å². The van der Waals surface area contributed by atoms with Crippen LogP contribution in [0, 0.1) is 5.92 Å². The summed E-state index contributed by atoms with van der Waals surface area (Å²) in [6, 6.07) is 6.99. The third-order valence-corrected chi connectivity index (χ3v) is 4.11. The monoisotopic (exact) mass is 261 g/mol. The predicted molar refractivity (Wildman–Crippen MR) is 81.3 cm³/mol. The SMILES string of the molecule is CCNc1cccc(CN(C)C2CCCC(C)C2)n1. The topological polar surface area (TPSA) is 28.2 Å². The number of nitrogens with one attached hydrogen (secondary N) is 1. The smallest absolute Gasteiger partial charge is 0.126 e. The summed E-state index contributed by atoms with van der Waals surface area (Å²) in [7, 11) is 2.24. The Kier molecular flexibility index (Phi) is 5.20. The Balaban J connectivity index is 1.94. The minimum absolute atomic E-state index is 0.730. The first-order valence-electron chi connectivity index (χ1n) is 7.59. The number of hydrogen-bond donors (Lipinski definition) is 1. The zero-order valence-electron chi connectivity index (χ0n) is 12.5. The minimum atomic E-state index is 0.730. The van der Waals surface area contributed by atoms with Crippen LogP contribution >= 0.6 is 0 Å². The van der Waals surface area contributed by atoms with Gasteiger partial charge in [0.05, 0.1) is 5.69 Å². The van der Waals surface area contributed by atoms with E-state index in [0.29, 0.717) is 0 Å². The van der Waals surface area contributed by atoms with Crippen molar-refractivity contribution in [3.05, 3.63) is 23.9 Å². The van der Waals surface area contributed by atoms with E-state index in [4.69, 9.17) is 0 Å². The van der Waals surface area contributed by atoms with Gasteiger partial charge >= 0.3 is 0 Å². The van der Waals surface area contributed by atoms with E-state index in [0.717, 1.165) is 30.9 Å². The average Bonchev–Trinajstić information content (AvgIpc) is 2.39. The summed E-state index contributed by atoms with van der Waals surface area (Å²) in [5.74, 6) is 1.87. The quantitative estimate of drug-likeness (QED) is 0.879. The van der Waals surface area contributed by atoms with E-state index in [9.17, 15) is 0 Å². The number of aromatic nitrogens is 1. The van der Waals surface area contributed by atoms with Gasteiger partial charge in [0.25, 0.3) is 0 Å². The average molecular weight is 261 g/mol. The molecule has 0 spiro atoms. The lowest BCUT2D eigenvalue weighted by molar-refractivity contribution is 0.156. The molecule has 0 aromatic carbocycles. The van der Waals surface area contributed by atoms with Gasteiger partial charge in [-0.1, -0.05) is 25.8 Å². The summed E-state index contributed by atoms with van der Waals surface area (Å²) in [5.41, 5.74) is 1.17. The molecule has 0 bridgehead atoms. The molecule has 1 aliphatic rings. The zero-order chi connectivity index (χ0) is 13.7. The second-order valence-electron chi connectivity index (χ2n) is 5.89. The van der Waals surface area contributed by atoms with Gasteiger partial charge in [-0.05, 0) is 44.9 Å². The van der Waals surface area contributed by atoms with Crippen LogP contribution in [0.5, 0.6) is 0 Å². The first-order chi connectivity index (χ1) is 9.19. The molecular formula is C16H27N3. The molecule has 0 amide bonds. The van der Waals surface area contributed by atoms with Crippen LogP contribution in [0.15, 0.2) is 18.2 Å². The van der Waals surface area contributed by atoms with Gasteiger partial charge in [0.1, 0.15) is 5.82 Å². The van der Waals surface area contributed by atoms with E-state index in [1.807, 2.05) is 6.07 Å². The van der Waals surface area contributed by atoms with Crippen molar-refractivity contribution in [2.75, 3.05) is 18.9 Å². The highest BCUT2D eigenvalue weighted by molar-refractivity contribution is 5.34. The van der Waals surface area contributed by atoms with E-state index in [1.165, 1.54) is 31.4 Å². The maximum atomic E-state index is 4.66. The van der Waals surface area contributed by atoms with E-state index >= 15 is 0 Å². The molecule has 106 valence electrons. The van der Waals surface area contributed by atoms with Crippen LogP contribution in [-0.4, -0.2) is 29.5 Å². The largest absolute Gasteiger partial charge is 0.370 e. The van der Waals surface area contributed by atoms with E-state index < -0.39 is 0 Å². The van der Waals surface area contributed by atoms with Crippen molar-refractivity contribution >= 4 is 5.82 Å². The normalized spacial score (nSPS) is 23.6. The van der Waals surface area contributed by atoms with Crippen molar-refractivity contribution in [1.82, 2.24) is 9.88 Å². The summed E-state index contributed by atoms with van der Waals surface area (Å²) in [6.07, 6.45) is 5.46. The number of anilines is 1. The number of nitrogens with zero attached hydrogens (tertiary/aromatic N) is 2. The first-order valence-corrected chi connectivity index (χ1v) is 7.59. The molecule has 1 aromatic heterocycles. The summed E-state index contributed by atoms with van der Waals surface area (Å²) in [4.78, 5) is 7.14.